The SMILES string of the molecule is BrC1=CC2N=NN=C2N=C1. The summed E-state index contributed by atoms with van der Waals surface area (Å²) in [6, 6.07) is -0.0561. The Labute approximate surface area is 65.6 Å². The maximum absolute atomic E-state index is 3.99. The van der Waals surface area contributed by atoms with E-state index in [4.69, 9.17) is 0 Å². The van der Waals surface area contributed by atoms with Crippen LogP contribution in [0.25, 0.3) is 0 Å². The Balaban J connectivity index is 2.39. The molecule has 0 amide bonds. The summed E-state index contributed by atoms with van der Waals surface area (Å²) in [6.07, 6.45) is 3.59. The molecule has 2 aliphatic heterocycles. The van der Waals surface area contributed by atoms with Crippen LogP contribution in [0.3, 0.4) is 0 Å². The van der Waals surface area contributed by atoms with Gasteiger partial charge in [-0.05, 0) is 27.2 Å². The van der Waals surface area contributed by atoms with Crippen molar-refractivity contribution in [3.05, 3.63) is 10.6 Å². The molecule has 2 heterocycles. The molecule has 2 rings (SSSR count). The molecule has 1 unspecified atom stereocenters. The lowest BCUT2D eigenvalue weighted by Crippen LogP contribution is -2.14. The first-order chi connectivity index (χ1) is 4.86. The maximum atomic E-state index is 3.99. The molecule has 0 saturated carbocycles. The number of aliphatic imine (C=N–C) groups is 1. The van der Waals surface area contributed by atoms with E-state index < -0.39 is 0 Å². The summed E-state index contributed by atoms with van der Waals surface area (Å²) in [6.45, 7) is 0. The number of hydrogen-bond acceptors (Lipinski definition) is 4. The molecule has 0 aromatic heterocycles. The summed E-state index contributed by atoms with van der Waals surface area (Å²) in [5.41, 5.74) is 0. The van der Waals surface area contributed by atoms with Crippen molar-refractivity contribution < 1.29 is 0 Å². The van der Waals surface area contributed by atoms with E-state index in [1.165, 1.54) is 0 Å². The highest BCUT2D eigenvalue weighted by atomic mass is 79.9. The monoisotopic (exact) mass is 198 g/mol. The van der Waals surface area contributed by atoms with Gasteiger partial charge in [-0.15, -0.1) is 5.10 Å². The molecular weight excluding hydrogens is 196 g/mol. The second-order valence-electron chi connectivity index (χ2n) is 1.92. The first-order valence-electron chi connectivity index (χ1n) is 2.75. The van der Waals surface area contributed by atoms with Crippen molar-refractivity contribution in [1.82, 2.24) is 0 Å². The van der Waals surface area contributed by atoms with Crippen LogP contribution in [0.1, 0.15) is 0 Å². The van der Waals surface area contributed by atoms with E-state index in [1.54, 1.807) is 6.21 Å². The largest absolute Gasteiger partial charge is 0.236 e. The lowest BCUT2D eigenvalue weighted by molar-refractivity contribution is 0.971. The molecule has 0 aromatic rings. The zero-order valence-electron chi connectivity index (χ0n) is 4.90. The lowest BCUT2D eigenvalue weighted by atomic mass is 10.2. The van der Waals surface area contributed by atoms with E-state index in [0.717, 1.165) is 4.48 Å². The smallest absolute Gasteiger partial charge is 0.183 e. The Morgan fingerprint density at radius 3 is 3.30 bits per heavy atom. The summed E-state index contributed by atoms with van der Waals surface area (Å²) in [7, 11) is 0. The molecule has 50 valence electrons. The summed E-state index contributed by atoms with van der Waals surface area (Å²) in [4.78, 5) is 3.99. The Morgan fingerprint density at radius 1 is 1.50 bits per heavy atom. The molecule has 0 aliphatic carbocycles. The first-order valence-corrected chi connectivity index (χ1v) is 3.54. The fourth-order valence-corrected chi connectivity index (χ4v) is 1.12. The predicted octanol–water partition coefficient (Wildman–Crippen LogP) is 1.50. The van der Waals surface area contributed by atoms with Crippen molar-refractivity contribution >= 4 is 28.0 Å². The average Bonchev–Trinajstić information content (AvgIpc) is 2.33. The molecule has 2 aliphatic rings. The van der Waals surface area contributed by atoms with Gasteiger partial charge in [0.05, 0.1) is 0 Å². The average molecular weight is 199 g/mol. The minimum Gasteiger partial charge on any atom is -0.236 e. The van der Waals surface area contributed by atoms with Crippen LogP contribution in [0.15, 0.2) is 31.0 Å². The van der Waals surface area contributed by atoms with E-state index in [-0.39, 0.29) is 6.04 Å². The second-order valence-corrected chi connectivity index (χ2v) is 2.83. The third-order valence-electron chi connectivity index (χ3n) is 1.22. The van der Waals surface area contributed by atoms with Crippen molar-refractivity contribution in [2.24, 2.45) is 20.4 Å². The van der Waals surface area contributed by atoms with Crippen LogP contribution in [0.5, 0.6) is 0 Å². The number of amidine groups is 1. The highest BCUT2D eigenvalue weighted by Gasteiger charge is 2.19. The molecule has 0 bridgehead atoms. The molecule has 5 heteroatoms. The minimum absolute atomic E-state index is 0.0561. The maximum Gasteiger partial charge on any atom is 0.183 e. The molecule has 4 nitrogen and oxygen atoms in total. The molecule has 0 N–H and O–H groups in total. The van der Waals surface area contributed by atoms with Gasteiger partial charge in [-0.1, -0.05) is 0 Å². The summed E-state index contributed by atoms with van der Waals surface area (Å²) < 4.78 is 0.928. The molecule has 10 heavy (non-hydrogen) atoms. The van der Waals surface area contributed by atoms with E-state index in [1.807, 2.05) is 6.08 Å². The number of halogens is 1. The zero-order chi connectivity index (χ0) is 6.97. The van der Waals surface area contributed by atoms with Gasteiger partial charge in [0.2, 0.25) is 0 Å². The lowest BCUT2D eigenvalue weighted by Gasteiger charge is -2.03. The number of dihydropyridines is 1. The number of fused-ring (bicyclic) bond motifs is 1. The van der Waals surface area contributed by atoms with Gasteiger partial charge >= 0.3 is 0 Å². The number of rotatable bonds is 0. The van der Waals surface area contributed by atoms with Gasteiger partial charge in [0, 0.05) is 10.7 Å². The van der Waals surface area contributed by atoms with Crippen molar-refractivity contribution in [1.29, 1.82) is 0 Å². The van der Waals surface area contributed by atoms with Crippen LogP contribution in [0.2, 0.25) is 0 Å². The Bertz CT molecular complexity index is 275. The highest BCUT2D eigenvalue weighted by Crippen LogP contribution is 2.16. The standard InChI is InChI=1S/C5H3BrN4/c6-3-1-4-5(7-2-3)9-10-8-4/h1-2,4H. The second kappa shape index (κ2) is 2.09. The Kier molecular flexibility index (Phi) is 1.23. The van der Waals surface area contributed by atoms with Crippen molar-refractivity contribution in [3.8, 4) is 0 Å². The fraction of sp³-hybridized carbons (Fsp3) is 0.200. The van der Waals surface area contributed by atoms with Gasteiger partial charge in [-0.3, -0.25) is 0 Å². The molecule has 0 aromatic carbocycles. The molecule has 0 fully saturated rings. The van der Waals surface area contributed by atoms with E-state index in [2.05, 4.69) is 36.4 Å². The summed E-state index contributed by atoms with van der Waals surface area (Å²) in [5.74, 6) is 0.670. The van der Waals surface area contributed by atoms with Gasteiger partial charge < -0.3 is 0 Å². The number of hydrogen-bond donors (Lipinski definition) is 0. The fourth-order valence-electron chi connectivity index (χ4n) is 0.770. The van der Waals surface area contributed by atoms with Crippen molar-refractivity contribution in [3.63, 3.8) is 0 Å². The summed E-state index contributed by atoms with van der Waals surface area (Å²) in [5, 5.41) is 11.0. The molecule has 0 radical (unpaired) electrons. The molecular formula is C5H3BrN4. The van der Waals surface area contributed by atoms with E-state index >= 15 is 0 Å². The third-order valence-corrected chi connectivity index (χ3v) is 1.69. The highest BCUT2D eigenvalue weighted by molar-refractivity contribution is 9.12. The van der Waals surface area contributed by atoms with E-state index in [9.17, 15) is 0 Å². The van der Waals surface area contributed by atoms with Gasteiger partial charge in [0.15, 0.2) is 11.9 Å². The van der Waals surface area contributed by atoms with Crippen LogP contribution >= 0.6 is 15.9 Å². The molecule has 1 atom stereocenters. The van der Waals surface area contributed by atoms with Crippen LogP contribution < -0.4 is 0 Å². The molecule has 0 spiro atoms. The Hall–Kier alpha value is -0.840. The quantitative estimate of drug-likeness (QED) is 0.567. The number of allylic oxidation sites excluding steroid dienone is 1. The Morgan fingerprint density at radius 2 is 2.40 bits per heavy atom. The van der Waals surface area contributed by atoms with E-state index in [0.29, 0.717) is 5.84 Å². The molecule has 0 saturated heterocycles. The van der Waals surface area contributed by atoms with Gasteiger partial charge in [0.25, 0.3) is 0 Å². The van der Waals surface area contributed by atoms with Gasteiger partial charge in [-0.25, -0.2) is 4.99 Å². The van der Waals surface area contributed by atoms with Gasteiger partial charge in [-0.2, -0.15) is 5.11 Å². The zero-order valence-corrected chi connectivity index (χ0v) is 6.48. The van der Waals surface area contributed by atoms with Crippen molar-refractivity contribution in [2.45, 2.75) is 6.04 Å². The number of nitrogens with zero attached hydrogens (tertiary/aromatic N) is 4. The predicted molar refractivity (Wildman–Crippen MR) is 41.6 cm³/mol. The van der Waals surface area contributed by atoms with Crippen LogP contribution in [-0.2, 0) is 0 Å². The first kappa shape index (κ1) is 5.91. The van der Waals surface area contributed by atoms with Crippen LogP contribution in [0, 0.1) is 0 Å². The van der Waals surface area contributed by atoms with Crippen LogP contribution in [-0.4, -0.2) is 18.1 Å². The third kappa shape index (κ3) is 0.824. The topological polar surface area (TPSA) is 49.4 Å². The van der Waals surface area contributed by atoms with Crippen LogP contribution in [0.4, 0.5) is 0 Å². The normalized spacial score (nSPS) is 27.9. The minimum atomic E-state index is -0.0561. The summed E-state index contributed by atoms with van der Waals surface area (Å²) >= 11 is 3.28. The van der Waals surface area contributed by atoms with Gasteiger partial charge in [0.1, 0.15) is 0 Å². The van der Waals surface area contributed by atoms with Crippen molar-refractivity contribution in [2.75, 3.05) is 0 Å².